The van der Waals surface area contributed by atoms with E-state index in [-0.39, 0.29) is 0 Å². The quantitative estimate of drug-likeness (QED) is 0.564. The largest absolute Gasteiger partial charge is 0.309 e. The fraction of sp³-hybridized carbons (Fsp3) is 0.294. The molecule has 0 radical (unpaired) electrons. The van der Waals surface area contributed by atoms with E-state index >= 15 is 0 Å². The average Bonchev–Trinajstić information content (AvgIpc) is 2.52. The molecule has 0 aliphatic rings. The second-order valence-electron chi connectivity index (χ2n) is 5.14. The maximum atomic E-state index is 4.40. The molecule has 0 saturated heterocycles. The molecular weight excluding hydrogens is 260 g/mol. The molecule has 0 unspecified atom stereocenters. The standard InChI is InChI=1S/C17H22N4/c1-20(2)14-9-15-21(17-12-7-4-8-13-17)19-18-16-10-5-3-6-11-16/h3-8,10-13H,9,14-15H2,1-2H3. The molecule has 110 valence electrons. The Hall–Kier alpha value is -2.20. The van der Waals surface area contributed by atoms with Gasteiger partial charge in [-0.25, -0.2) is 5.01 Å². The van der Waals surface area contributed by atoms with Gasteiger partial charge in [0.25, 0.3) is 0 Å². The third-order valence-corrected chi connectivity index (χ3v) is 3.05. The molecule has 0 saturated carbocycles. The van der Waals surface area contributed by atoms with Crippen LogP contribution >= 0.6 is 0 Å². The van der Waals surface area contributed by atoms with Crippen molar-refractivity contribution < 1.29 is 0 Å². The summed E-state index contributed by atoms with van der Waals surface area (Å²) < 4.78 is 0. The molecular formula is C17H22N4. The van der Waals surface area contributed by atoms with Crippen molar-refractivity contribution >= 4 is 11.4 Å². The molecule has 0 aromatic heterocycles. The van der Waals surface area contributed by atoms with Gasteiger partial charge in [0.15, 0.2) is 0 Å². The zero-order chi connectivity index (χ0) is 14.9. The topological polar surface area (TPSA) is 31.2 Å². The Morgan fingerprint density at radius 1 is 0.810 bits per heavy atom. The van der Waals surface area contributed by atoms with Crippen LogP contribution < -0.4 is 5.01 Å². The first kappa shape index (κ1) is 15.2. The van der Waals surface area contributed by atoms with Crippen LogP contribution in [0.3, 0.4) is 0 Å². The normalized spacial score (nSPS) is 11.2. The van der Waals surface area contributed by atoms with Crippen LogP contribution in [0.25, 0.3) is 0 Å². The predicted molar refractivity (Wildman–Crippen MR) is 87.9 cm³/mol. The minimum absolute atomic E-state index is 0.846. The predicted octanol–water partition coefficient (Wildman–Crippen LogP) is 4.14. The van der Waals surface area contributed by atoms with Crippen molar-refractivity contribution in [2.45, 2.75) is 6.42 Å². The summed E-state index contributed by atoms with van der Waals surface area (Å²) >= 11 is 0. The highest BCUT2D eigenvalue weighted by molar-refractivity contribution is 5.45. The first-order valence-corrected chi connectivity index (χ1v) is 7.20. The second-order valence-corrected chi connectivity index (χ2v) is 5.14. The molecule has 0 aliphatic heterocycles. The van der Waals surface area contributed by atoms with Crippen LogP contribution in [0.5, 0.6) is 0 Å². The highest BCUT2D eigenvalue weighted by Crippen LogP contribution is 2.17. The summed E-state index contributed by atoms with van der Waals surface area (Å²) in [5, 5.41) is 10.7. The number of hydrogen-bond donors (Lipinski definition) is 0. The Bertz CT molecular complexity index is 537. The molecule has 0 spiro atoms. The smallest absolute Gasteiger partial charge is 0.0874 e. The van der Waals surface area contributed by atoms with Gasteiger partial charge in [-0.3, -0.25) is 0 Å². The van der Waals surface area contributed by atoms with Gasteiger partial charge in [0.1, 0.15) is 0 Å². The fourth-order valence-electron chi connectivity index (χ4n) is 1.96. The van der Waals surface area contributed by atoms with Crippen molar-refractivity contribution in [2.24, 2.45) is 10.3 Å². The number of hydrogen-bond acceptors (Lipinski definition) is 3. The summed E-state index contributed by atoms with van der Waals surface area (Å²) in [5.41, 5.74) is 1.93. The molecule has 0 amide bonds. The van der Waals surface area contributed by atoms with Gasteiger partial charge >= 0.3 is 0 Å². The Kier molecular flexibility index (Phi) is 5.91. The van der Waals surface area contributed by atoms with E-state index < -0.39 is 0 Å². The Labute approximate surface area is 126 Å². The SMILES string of the molecule is CN(C)CCCN(N=Nc1ccccc1)c1ccccc1. The number of para-hydroxylation sites is 1. The number of rotatable bonds is 7. The van der Waals surface area contributed by atoms with Crippen LogP contribution in [0.1, 0.15) is 6.42 Å². The molecule has 0 N–H and O–H groups in total. The van der Waals surface area contributed by atoms with E-state index in [4.69, 9.17) is 0 Å². The zero-order valence-corrected chi connectivity index (χ0v) is 12.7. The van der Waals surface area contributed by atoms with E-state index in [1.165, 1.54) is 0 Å². The molecule has 0 fully saturated rings. The number of nitrogens with zero attached hydrogens (tertiary/aromatic N) is 4. The second kappa shape index (κ2) is 8.17. The van der Waals surface area contributed by atoms with E-state index in [1.807, 2.05) is 53.5 Å². The number of anilines is 1. The third kappa shape index (κ3) is 5.36. The summed E-state index contributed by atoms with van der Waals surface area (Å²) in [4.78, 5) is 2.18. The molecule has 4 nitrogen and oxygen atoms in total. The first-order chi connectivity index (χ1) is 10.3. The van der Waals surface area contributed by atoms with Crippen LogP contribution in [-0.4, -0.2) is 32.1 Å². The van der Waals surface area contributed by atoms with Crippen molar-refractivity contribution in [3.8, 4) is 0 Å². The number of benzene rings is 2. The summed E-state index contributed by atoms with van der Waals surface area (Å²) in [6.45, 7) is 1.88. The lowest BCUT2D eigenvalue weighted by Crippen LogP contribution is -2.22. The maximum Gasteiger partial charge on any atom is 0.0874 e. The minimum Gasteiger partial charge on any atom is -0.309 e. The van der Waals surface area contributed by atoms with Gasteiger partial charge in [-0.15, -0.1) is 5.11 Å². The fourth-order valence-corrected chi connectivity index (χ4v) is 1.96. The van der Waals surface area contributed by atoms with Gasteiger partial charge in [0.2, 0.25) is 0 Å². The highest BCUT2D eigenvalue weighted by atomic mass is 15.5. The first-order valence-electron chi connectivity index (χ1n) is 7.20. The molecule has 2 rings (SSSR count). The molecule has 2 aromatic rings. The minimum atomic E-state index is 0.846. The Balaban J connectivity index is 2.06. The van der Waals surface area contributed by atoms with E-state index in [2.05, 4.69) is 41.5 Å². The summed E-state index contributed by atoms with van der Waals surface area (Å²) in [6.07, 6.45) is 1.04. The molecule has 0 heterocycles. The molecule has 0 aliphatic carbocycles. The van der Waals surface area contributed by atoms with E-state index in [0.29, 0.717) is 0 Å². The lowest BCUT2D eigenvalue weighted by Gasteiger charge is -2.18. The average molecular weight is 282 g/mol. The van der Waals surface area contributed by atoms with Gasteiger partial charge in [0, 0.05) is 6.54 Å². The van der Waals surface area contributed by atoms with Crippen LogP contribution in [0, 0.1) is 0 Å². The monoisotopic (exact) mass is 282 g/mol. The Morgan fingerprint density at radius 3 is 2.05 bits per heavy atom. The van der Waals surface area contributed by atoms with Gasteiger partial charge in [0.05, 0.1) is 11.4 Å². The lowest BCUT2D eigenvalue weighted by atomic mass is 10.3. The highest BCUT2D eigenvalue weighted by Gasteiger charge is 2.05. The zero-order valence-electron chi connectivity index (χ0n) is 12.7. The van der Waals surface area contributed by atoms with Crippen LogP contribution in [-0.2, 0) is 0 Å². The van der Waals surface area contributed by atoms with E-state index in [0.717, 1.165) is 30.9 Å². The van der Waals surface area contributed by atoms with Crippen molar-refractivity contribution in [3.63, 3.8) is 0 Å². The lowest BCUT2D eigenvalue weighted by molar-refractivity contribution is 0.400. The van der Waals surface area contributed by atoms with Crippen molar-refractivity contribution in [3.05, 3.63) is 60.7 Å². The maximum absolute atomic E-state index is 4.40. The van der Waals surface area contributed by atoms with Crippen molar-refractivity contribution in [1.82, 2.24) is 4.90 Å². The van der Waals surface area contributed by atoms with Gasteiger partial charge in [-0.2, -0.15) is 0 Å². The molecule has 0 bridgehead atoms. The summed E-state index contributed by atoms with van der Waals surface area (Å²) in [5.74, 6) is 0. The Morgan fingerprint density at radius 2 is 1.43 bits per heavy atom. The molecule has 2 aromatic carbocycles. The van der Waals surface area contributed by atoms with Crippen molar-refractivity contribution in [1.29, 1.82) is 0 Å². The molecule has 0 atom stereocenters. The van der Waals surface area contributed by atoms with Crippen LogP contribution in [0.2, 0.25) is 0 Å². The van der Waals surface area contributed by atoms with E-state index in [1.54, 1.807) is 0 Å². The summed E-state index contributed by atoms with van der Waals surface area (Å²) in [6, 6.07) is 20.0. The summed E-state index contributed by atoms with van der Waals surface area (Å²) in [7, 11) is 4.16. The third-order valence-electron chi connectivity index (χ3n) is 3.05. The van der Waals surface area contributed by atoms with Crippen LogP contribution in [0.15, 0.2) is 71.0 Å². The van der Waals surface area contributed by atoms with Gasteiger partial charge < -0.3 is 4.90 Å². The van der Waals surface area contributed by atoms with Crippen molar-refractivity contribution in [2.75, 3.05) is 32.2 Å². The van der Waals surface area contributed by atoms with Gasteiger partial charge in [-0.1, -0.05) is 41.6 Å². The molecule has 4 heteroatoms. The molecule has 21 heavy (non-hydrogen) atoms. The van der Waals surface area contributed by atoms with Gasteiger partial charge in [-0.05, 0) is 51.3 Å². The van der Waals surface area contributed by atoms with E-state index in [9.17, 15) is 0 Å². The van der Waals surface area contributed by atoms with Crippen LogP contribution in [0.4, 0.5) is 11.4 Å².